The second kappa shape index (κ2) is 4.75. The Kier molecular flexibility index (Phi) is 3.85. The lowest BCUT2D eigenvalue weighted by molar-refractivity contribution is -0.118. The van der Waals surface area contributed by atoms with Crippen LogP contribution in [0.4, 0.5) is 10.1 Å². The fourth-order valence-corrected chi connectivity index (χ4v) is 1.40. The van der Waals surface area contributed by atoms with Gasteiger partial charge in [0.05, 0.1) is 4.47 Å². The van der Waals surface area contributed by atoms with Crippen molar-refractivity contribution < 1.29 is 9.18 Å². The SMILES string of the molecule is Cc1cc(F)c(Br)cc1NC(=O)C(C)C. The summed E-state index contributed by atoms with van der Waals surface area (Å²) >= 11 is 3.08. The predicted octanol–water partition coefficient (Wildman–Crippen LogP) is 3.49. The molecule has 1 aromatic rings. The maximum absolute atomic E-state index is 13.1. The molecule has 0 fully saturated rings. The normalized spacial score (nSPS) is 10.5. The van der Waals surface area contributed by atoms with Crippen molar-refractivity contribution in [3.63, 3.8) is 0 Å². The quantitative estimate of drug-likeness (QED) is 0.878. The molecule has 0 saturated carbocycles. The molecule has 0 aliphatic heterocycles. The van der Waals surface area contributed by atoms with E-state index in [1.165, 1.54) is 6.07 Å². The van der Waals surface area contributed by atoms with Crippen LogP contribution in [0.25, 0.3) is 0 Å². The zero-order valence-electron chi connectivity index (χ0n) is 8.90. The van der Waals surface area contributed by atoms with Gasteiger partial charge in [-0.2, -0.15) is 0 Å². The largest absolute Gasteiger partial charge is 0.326 e. The number of anilines is 1. The minimum absolute atomic E-state index is 0.0726. The third-order valence-electron chi connectivity index (χ3n) is 2.05. The monoisotopic (exact) mass is 273 g/mol. The summed E-state index contributed by atoms with van der Waals surface area (Å²) < 4.78 is 13.4. The Balaban J connectivity index is 2.96. The molecule has 0 unspecified atom stereocenters. The highest BCUT2D eigenvalue weighted by atomic mass is 79.9. The molecular formula is C11H13BrFNO. The number of hydrogen-bond donors (Lipinski definition) is 1. The average Bonchev–Trinajstić information content (AvgIpc) is 2.13. The van der Waals surface area contributed by atoms with Crippen LogP contribution >= 0.6 is 15.9 Å². The Morgan fingerprint density at radius 3 is 2.60 bits per heavy atom. The van der Waals surface area contributed by atoms with E-state index in [1.807, 2.05) is 13.8 Å². The minimum Gasteiger partial charge on any atom is -0.326 e. The van der Waals surface area contributed by atoms with E-state index >= 15 is 0 Å². The lowest BCUT2D eigenvalue weighted by atomic mass is 10.1. The Morgan fingerprint density at radius 1 is 1.47 bits per heavy atom. The van der Waals surface area contributed by atoms with E-state index in [0.717, 1.165) is 0 Å². The van der Waals surface area contributed by atoms with Crippen molar-refractivity contribution in [3.05, 3.63) is 28.0 Å². The highest BCUT2D eigenvalue weighted by Crippen LogP contribution is 2.24. The smallest absolute Gasteiger partial charge is 0.226 e. The van der Waals surface area contributed by atoms with E-state index in [4.69, 9.17) is 0 Å². The number of benzene rings is 1. The van der Waals surface area contributed by atoms with Gasteiger partial charge in [-0.15, -0.1) is 0 Å². The third-order valence-corrected chi connectivity index (χ3v) is 2.66. The summed E-state index contributed by atoms with van der Waals surface area (Å²) in [5, 5.41) is 2.74. The number of carbonyl (C=O) groups excluding carboxylic acids is 1. The maximum Gasteiger partial charge on any atom is 0.226 e. The summed E-state index contributed by atoms with van der Waals surface area (Å²) in [7, 11) is 0. The van der Waals surface area contributed by atoms with E-state index < -0.39 is 0 Å². The molecule has 0 aliphatic carbocycles. The van der Waals surface area contributed by atoms with Gasteiger partial charge in [-0.3, -0.25) is 4.79 Å². The van der Waals surface area contributed by atoms with Crippen LogP contribution in [0.15, 0.2) is 16.6 Å². The van der Waals surface area contributed by atoms with Crippen molar-refractivity contribution >= 4 is 27.5 Å². The Bertz CT molecular complexity index is 390. The summed E-state index contributed by atoms with van der Waals surface area (Å²) in [5.41, 5.74) is 1.35. The molecule has 0 heterocycles. The highest BCUT2D eigenvalue weighted by molar-refractivity contribution is 9.10. The molecule has 0 spiro atoms. The molecule has 0 aliphatic rings. The minimum atomic E-state index is -0.324. The molecule has 1 aromatic carbocycles. The maximum atomic E-state index is 13.1. The standard InChI is InChI=1S/C11H13BrFNO/c1-6(2)11(15)14-10-5-8(12)9(13)4-7(10)3/h4-6H,1-3H3,(H,14,15). The van der Waals surface area contributed by atoms with Gasteiger partial charge in [0, 0.05) is 11.6 Å². The van der Waals surface area contributed by atoms with E-state index in [9.17, 15) is 9.18 Å². The average molecular weight is 274 g/mol. The summed E-state index contributed by atoms with van der Waals surface area (Å²) in [4.78, 5) is 11.4. The first-order valence-corrected chi connectivity index (χ1v) is 5.47. The van der Waals surface area contributed by atoms with Crippen molar-refractivity contribution in [2.24, 2.45) is 5.92 Å². The van der Waals surface area contributed by atoms with Gasteiger partial charge < -0.3 is 5.32 Å². The Labute approximate surface area is 97.0 Å². The van der Waals surface area contributed by atoms with Crippen LogP contribution in [0.5, 0.6) is 0 Å². The predicted molar refractivity (Wildman–Crippen MR) is 62.3 cm³/mol. The van der Waals surface area contributed by atoms with Crippen molar-refractivity contribution in [2.45, 2.75) is 20.8 Å². The molecule has 1 rings (SSSR count). The molecule has 0 aromatic heterocycles. The molecule has 0 radical (unpaired) electrons. The molecule has 4 heteroatoms. The van der Waals surface area contributed by atoms with E-state index in [0.29, 0.717) is 15.7 Å². The van der Waals surface area contributed by atoms with Gasteiger partial charge in [0.15, 0.2) is 0 Å². The van der Waals surface area contributed by atoms with Crippen LogP contribution in [-0.4, -0.2) is 5.91 Å². The van der Waals surface area contributed by atoms with Crippen LogP contribution in [-0.2, 0) is 4.79 Å². The molecule has 2 nitrogen and oxygen atoms in total. The van der Waals surface area contributed by atoms with E-state index in [2.05, 4.69) is 21.2 Å². The number of rotatable bonds is 2. The lowest BCUT2D eigenvalue weighted by Crippen LogP contribution is -2.18. The Morgan fingerprint density at radius 2 is 2.07 bits per heavy atom. The van der Waals surface area contributed by atoms with Gasteiger partial charge in [-0.1, -0.05) is 13.8 Å². The van der Waals surface area contributed by atoms with Crippen LogP contribution in [0.3, 0.4) is 0 Å². The van der Waals surface area contributed by atoms with Crippen LogP contribution in [0, 0.1) is 18.7 Å². The topological polar surface area (TPSA) is 29.1 Å². The lowest BCUT2D eigenvalue weighted by Gasteiger charge is -2.11. The van der Waals surface area contributed by atoms with Crippen LogP contribution in [0.2, 0.25) is 0 Å². The van der Waals surface area contributed by atoms with Crippen molar-refractivity contribution in [2.75, 3.05) is 5.32 Å². The number of amides is 1. The second-order valence-corrected chi connectivity index (χ2v) is 4.58. The van der Waals surface area contributed by atoms with E-state index in [1.54, 1.807) is 13.0 Å². The molecule has 0 saturated heterocycles. The zero-order chi connectivity index (χ0) is 11.6. The number of nitrogens with one attached hydrogen (secondary N) is 1. The summed E-state index contributed by atoms with van der Waals surface area (Å²) in [5.74, 6) is -0.486. The summed E-state index contributed by atoms with van der Waals surface area (Å²) in [6.07, 6.45) is 0. The number of hydrogen-bond acceptors (Lipinski definition) is 1. The third kappa shape index (κ3) is 3.02. The fraction of sp³-hybridized carbons (Fsp3) is 0.364. The molecule has 0 atom stereocenters. The van der Waals surface area contributed by atoms with Crippen molar-refractivity contribution in [1.29, 1.82) is 0 Å². The van der Waals surface area contributed by atoms with Gasteiger partial charge in [0.2, 0.25) is 5.91 Å². The van der Waals surface area contributed by atoms with Gasteiger partial charge in [-0.25, -0.2) is 4.39 Å². The van der Waals surface area contributed by atoms with Crippen LogP contribution < -0.4 is 5.32 Å². The van der Waals surface area contributed by atoms with Gasteiger partial charge in [-0.05, 0) is 40.5 Å². The van der Waals surface area contributed by atoms with Gasteiger partial charge in [0.25, 0.3) is 0 Å². The second-order valence-electron chi connectivity index (χ2n) is 3.73. The van der Waals surface area contributed by atoms with Crippen molar-refractivity contribution in [3.8, 4) is 0 Å². The molecule has 82 valence electrons. The summed E-state index contributed by atoms with van der Waals surface area (Å²) in [6, 6.07) is 2.96. The number of aryl methyl sites for hydroxylation is 1. The number of carbonyl (C=O) groups is 1. The first-order chi connectivity index (χ1) is 6.91. The molecular weight excluding hydrogens is 261 g/mol. The van der Waals surface area contributed by atoms with Gasteiger partial charge in [0.1, 0.15) is 5.82 Å². The van der Waals surface area contributed by atoms with Crippen molar-refractivity contribution in [1.82, 2.24) is 0 Å². The van der Waals surface area contributed by atoms with Crippen LogP contribution in [0.1, 0.15) is 19.4 Å². The molecule has 1 N–H and O–H groups in total. The fourth-order valence-electron chi connectivity index (χ4n) is 1.06. The first-order valence-electron chi connectivity index (χ1n) is 4.68. The first kappa shape index (κ1) is 12.2. The highest BCUT2D eigenvalue weighted by Gasteiger charge is 2.10. The number of halogens is 2. The molecule has 0 bridgehead atoms. The zero-order valence-corrected chi connectivity index (χ0v) is 10.5. The van der Waals surface area contributed by atoms with Gasteiger partial charge >= 0.3 is 0 Å². The molecule has 1 amide bonds. The Hall–Kier alpha value is -0.900. The van der Waals surface area contributed by atoms with E-state index in [-0.39, 0.29) is 17.6 Å². The molecule has 15 heavy (non-hydrogen) atoms. The summed E-state index contributed by atoms with van der Waals surface area (Å²) in [6.45, 7) is 5.37.